The summed E-state index contributed by atoms with van der Waals surface area (Å²) in [6, 6.07) is 3.91. The average molecular weight is 222 g/mol. The molecule has 1 aliphatic heterocycles. The molecule has 1 fully saturated rings. The van der Waals surface area contributed by atoms with Crippen LogP contribution in [0.15, 0.2) is 18.2 Å². The van der Waals surface area contributed by atoms with Crippen LogP contribution >= 0.6 is 0 Å². The minimum atomic E-state index is -0.428. The highest BCUT2D eigenvalue weighted by Crippen LogP contribution is 2.20. The molecule has 0 unspecified atom stereocenters. The normalized spacial score (nSPS) is 15.9. The highest BCUT2D eigenvalue weighted by atomic mass is 19.1. The van der Waals surface area contributed by atoms with Crippen molar-refractivity contribution >= 4 is 17.5 Å². The third-order valence-electron chi connectivity index (χ3n) is 2.59. The van der Waals surface area contributed by atoms with Gasteiger partial charge in [-0.15, -0.1) is 0 Å². The van der Waals surface area contributed by atoms with E-state index in [1.807, 2.05) is 0 Å². The van der Waals surface area contributed by atoms with Gasteiger partial charge >= 0.3 is 0 Å². The van der Waals surface area contributed by atoms with Crippen molar-refractivity contribution in [3.8, 4) is 0 Å². The molecule has 0 spiro atoms. The van der Waals surface area contributed by atoms with E-state index in [9.17, 15) is 14.0 Å². The van der Waals surface area contributed by atoms with Crippen LogP contribution < -0.4 is 5.73 Å². The number of amides is 2. The average Bonchev–Trinajstić information content (AvgIpc) is 2.55. The van der Waals surface area contributed by atoms with E-state index in [0.717, 1.165) is 4.90 Å². The Morgan fingerprint density at radius 2 is 1.88 bits per heavy atom. The number of hydrogen-bond acceptors (Lipinski definition) is 3. The van der Waals surface area contributed by atoms with Crippen LogP contribution in [-0.2, 0) is 16.1 Å². The number of anilines is 1. The summed E-state index contributed by atoms with van der Waals surface area (Å²) in [6.45, 7) is 0.0568. The zero-order valence-corrected chi connectivity index (χ0v) is 8.57. The first-order valence-electron chi connectivity index (χ1n) is 4.95. The fourth-order valence-corrected chi connectivity index (χ4v) is 1.68. The molecule has 1 heterocycles. The fourth-order valence-electron chi connectivity index (χ4n) is 1.68. The number of rotatable bonds is 2. The number of carbonyl (C=O) groups excluding carboxylic acids is 2. The number of halogens is 1. The lowest BCUT2D eigenvalue weighted by Gasteiger charge is -2.15. The molecule has 16 heavy (non-hydrogen) atoms. The van der Waals surface area contributed by atoms with Crippen molar-refractivity contribution in [2.24, 2.45) is 0 Å². The van der Waals surface area contributed by atoms with Crippen LogP contribution in [-0.4, -0.2) is 16.7 Å². The molecule has 2 rings (SSSR count). The van der Waals surface area contributed by atoms with Gasteiger partial charge in [-0.25, -0.2) is 4.39 Å². The molecule has 2 amide bonds. The molecule has 1 aliphatic rings. The quantitative estimate of drug-likeness (QED) is 0.601. The summed E-state index contributed by atoms with van der Waals surface area (Å²) in [5, 5.41) is 0. The first kappa shape index (κ1) is 10.6. The summed E-state index contributed by atoms with van der Waals surface area (Å²) in [7, 11) is 0. The monoisotopic (exact) mass is 222 g/mol. The fraction of sp³-hybridized carbons (Fsp3) is 0.273. The van der Waals surface area contributed by atoms with Crippen molar-refractivity contribution in [1.82, 2.24) is 4.90 Å². The predicted octanol–water partition coefficient (Wildman–Crippen LogP) is 1.06. The second kappa shape index (κ2) is 3.92. The van der Waals surface area contributed by atoms with Crippen molar-refractivity contribution in [1.29, 1.82) is 0 Å². The van der Waals surface area contributed by atoms with Crippen LogP contribution in [0.1, 0.15) is 18.4 Å². The van der Waals surface area contributed by atoms with Crippen LogP contribution in [0.5, 0.6) is 0 Å². The molecule has 1 saturated heterocycles. The SMILES string of the molecule is Nc1ccc(F)cc1CN1C(=O)CCC1=O. The maximum Gasteiger partial charge on any atom is 0.229 e. The Bertz CT molecular complexity index is 443. The van der Waals surface area contributed by atoms with Crippen molar-refractivity contribution < 1.29 is 14.0 Å². The second-order valence-corrected chi connectivity index (χ2v) is 3.72. The van der Waals surface area contributed by atoms with E-state index < -0.39 is 5.82 Å². The Hall–Kier alpha value is -1.91. The van der Waals surface area contributed by atoms with Crippen molar-refractivity contribution in [3.63, 3.8) is 0 Å². The van der Waals surface area contributed by atoms with Crippen molar-refractivity contribution in [2.45, 2.75) is 19.4 Å². The molecule has 5 heteroatoms. The third kappa shape index (κ3) is 1.88. The van der Waals surface area contributed by atoms with E-state index in [1.165, 1.54) is 18.2 Å². The molecule has 0 atom stereocenters. The molecule has 0 radical (unpaired) electrons. The standard InChI is InChI=1S/C11H11FN2O2/c12-8-1-2-9(13)7(5-8)6-14-10(15)3-4-11(14)16/h1-2,5H,3-4,6,13H2. The van der Waals surface area contributed by atoms with Gasteiger partial charge in [0.15, 0.2) is 0 Å². The van der Waals surface area contributed by atoms with Crippen molar-refractivity contribution in [2.75, 3.05) is 5.73 Å². The van der Waals surface area contributed by atoms with Gasteiger partial charge in [0.1, 0.15) is 5.82 Å². The highest BCUT2D eigenvalue weighted by Gasteiger charge is 2.29. The Labute approximate surface area is 91.8 Å². The number of nitrogens with zero attached hydrogens (tertiary/aromatic N) is 1. The number of hydrogen-bond donors (Lipinski definition) is 1. The van der Waals surface area contributed by atoms with Gasteiger partial charge in [0.2, 0.25) is 11.8 Å². The summed E-state index contributed by atoms with van der Waals surface area (Å²) < 4.78 is 13.0. The highest BCUT2D eigenvalue weighted by molar-refractivity contribution is 6.01. The summed E-state index contributed by atoms with van der Waals surface area (Å²) in [4.78, 5) is 23.8. The third-order valence-corrected chi connectivity index (χ3v) is 2.59. The molecule has 0 saturated carbocycles. The van der Waals surface area contributed by atoms with Gasteiger partial charge in [-0.2, -0.15) is 0 Å². The Morgan fingerprint density at radius 1 is 1.25 bits per heavy atom. The number of imide groups is 1. The van der Waals surface area contributed by atoms with Gasteiger partial charge in [0, 0.05) is 18.5 Å². The molecule has 84 valence electrons. The Balaban J connectivity index is 2.23. The first-order valence-corrected chi connectivity index (χ1v) is 4.95. The molecule has 1 aromatic carbocycles. The maximum atomic E-state index is 13.0. The maximum absolute atomic E-state index is 13.0. The summed E-state index contributed by atoms with van der Waals surface area (Å²) >= 11 is 0. The molecule has 2 N–H and O–H groups in total. The van der Waals surface area contributed by atoms with E-state index >= 15 is 0 Å². The minimum absolute atomic E-state index is 0.0568. The van der Waals surface area contributed by atoms with Crippen LogP contribution in [0, 0.1) is 5.82 Å². The summed E-state index contributed by atoms with van der Waals surface area (Å²) in [5.74, 6) is -0.884. The topological polar surface area (TPSA) is 63.4 Å². The number of likely N-dealkylation sites (tertiary alicyclic amines) is 1. The Kier molecular flexibility index (Phi) is 2.60. The van der Waals surface area contributed by atoms with Crippen LogP contribution in [0.2, 0.25) is 0 Å². The van der Waals surface area contributed by atoms with Gasteiger partial charge in [-0.1, -0.05) is 0 Å². The minimum Gasteiger partial charge on any atom is -0.398 e. The van der Waals surface area contributed by atoms with E-state index in [-0.39, 0.29) is 31.2 Å². The van der Waals surface area contributed by atoms with Crippen molar-refractivity contribution in [3.05, 3.63) is 29.6 Å². The Morgan fingerprint density at radius 3 is 2.50 bits per heavy atom. The van der Waals surface area contributed by atoms with E-state index in [2.05, 4.69) is 0 Å². The van der Waals surface area contributed by atoms with Gasteiger partial charge in [-0.05, 0) is 23.8 Å². The smallest absolute Gasteiger partial charge is 0.229 e. The second-order valence-electron chi connectivity index (χ2n) is 3.72. The lowest BCUT2D eigenvalue weighted by molar-refractivity contribution is -0.139. The van der Waals surface area contributed by atoms with Crippen LogP contribution in [0.25, 0.3) is 0 Å². The van der Waals surface area contributed by atoms with E-state index in [4.69, 9.17) is 5.73 Å². The van der Waals surface area contributed by atoms with E-state index in [0.29, 0.717) is 11.3 Å². The number of carbonyl (C=O) groups is 2. The lowest BCUT2D eigenvalue weighted by Crippen LogP contribution is -2.28. The summed E-state index contributed by atoms with van der Waals surface area (Å²) in [6.07, 6.45) is 0.460. The predicted molar refractivity (Wildman–Crippen MR) is 55.6 cm³/mol. The first-order chi connectivity index (χ1) is 7.58. The molecule has 0 aliphatic carbocycles. The molecule has 4 nitrogen and oxygen atoms in total. The van der Waals surface area contributed by atoms with Crippen LogP contribution in [0.3, 0.4) is 0 Å². The number of nitrogen functional groups attached to an aromatic ring is 1. The molecular weight excluding hydrogens is 211 g/mol. The van der Waals surface area contributed by atoms with Gasteiger partial charge < -0.3 is 5.73 Å². The molecule has 0 bridgehead atoms. The van der Waals surface area contributed by atoms with Crippen LogP contribution in [0.4, 0.5) is 10.1 Å². The van der Waals surface area contributed by atoms with Gasteiger partial charge in [0.05, 0.1) is 6.54 Å². The zero-order chi connectivity index (χ0) is 11.7. The van der Waals surface area contributed by atoms with E-state index in [1.54, 1.807) is 0 Å². The lowest BCUT2D eigenvalue weighted by atomic mass is 10.1. The number of benzene rings is 1. The van der Waals surface area contributed by atoms with Gasteiger partial charge in [0.25, 0.3) is 0 Å². The molecule has 1 aromatic rings. The largest absolute Gasteiger partial charge is 0.398 e. The number of nitrogens with two attached hydrogens (primary N) is 1. The zero-order valence-electron chi connectivity index (χ0n) is 8.57. The van der Waals surface area contributed by atoms with Gasteiger partial charge in [-0.3, -0.25) is 14.5 Å². The molecular formula is C11H11FN2O2. The molecule has 0 aromatic heterocycles. The summed E-state index contributed by atoms with van der Waals surface area (Å²) in [5.41, 5.74) is 6.49.